The molecule has 0 amide bonds. The number of nitrogens with two attached hydrogens (primary N) is 1. The van der Waals surface area contributed by atoms with Gasteiger partial charge in [-0.25, -0.2) is 9.37 Å². The van der Waals surface area contributed by atoms with E-state index in [9.17, 15) is 4.39 Å². The molecule has 106 valence electrons. The van der Waals surface area contributed by atoms with Gasteiger partial charge in [-0.3, -0.25) is 0 Å². The number of benzene rings is 1. The summed E-state index contributed by atoms with van der Waals surface area (Å²) in [7, 11) is 0. The number of imidazole rings is 1. The first-order chi connectivity index (χ1) is 9.62. The second-order valence-electron chi connectivity index (χ2n) is 5.67. The molecule has 1 aromatic carbocycles. The summed E-state index contributed by atoms with van der Waals surface area (Å²) < 4.78 is 15.5. The third kappa shape index (κ3) is 2.24. The Hall–Kier alpha value is -1.68. The van der Waals surface area contributed by atoms with Crippen molar-refractivity contribution < 1.29 is 4.39 Å². The largest absolute Gasteiger partial charge is 0.335 e. The maximum atomic E-state index is 13.3. The van der Waals surface area contributed by atoms with Crippen molar-refractivity contribution in [2.45, 2.75) is 44.7 Å². The van der Waals surface area contributed by atoms with Crippen LogP contribution in [0.5, 0.6) is 0 Å². The van der Waals surface area contributed by atoms with E-state index in [1.807, 2.05) is 18.5 Å². The van der Waals surface area contributed by atoms with Gasteiger partial charge in [-0.1, -0.05) is 13.0 Å². The topological polar surface area (TPSA) is 43.8 Å². The van der Waals surface area contributed by atoms with Crippen molar-refractivity contribution in [3.63, 3.8) is 0 Å². The summed E-state index contributed by atoms with van der Waals surface area (Å²) >= 11 is 0. The van der Waals surface area contributed by atoms with Gasteiger partial charge in [-0.2, -0.15) is 0 Å². The molecular formula is C16H20FN3. The number of nitrogens with zero attached hydrogens (tertiary/aromatic N) is 2. The fraction of sp³-hybridized carbons (Fsp3) is 0.438. The summed E-state index contributed by atoms with van der Waals surface area (Å²) in [5.41, 5.74) is 8.30. The van der Waals surface area contributed by atoms with Crippen LogP contribution in [-0.4, -0.2) is 9.55 Å². The van der Waals surface area contributed by atoms with E-state index in [2.05, 4.69) is 16.5 Å². The van der Waals surface area contributed by atoms with E-state index in [0.29, 0.717) is 6.42 Å². The number of rotatable bonds is 4. The first-order valence-corrected chi connectivity index (χ1v) is 7.20. The highest BCUT2D eigenvalue weighted by Crippen LogP contribution is 2.37. The number of fused-ring (bicyclic) bond motifs is 1. The fourth-order valence-electron chi connectivity index (χ4n) is 3.16. The summed E-state index contributed by atoms with van der Waals surface area (Å²) in [6, 6.07) is 4.96. The molecule has 20 heavy (non-hydrogen) atoms. The van der Waals surface area contributed by atoms with Crippen molar-refractivity contribution in [3.8, 4) is 0 Å². The molecule has 2 N–H and O–H groups in total. The average molecular weight is 273 g/mol. The number of aromatic nitrogens is 2. The molecule has 3 nitrogen and oxygen atoms in total. The molecule has 1 aliphatic carbocycles. The lowest BCUT2D eigenvalue weighted by atomic mass is 9.89. The smallest absolute Gasteiger partial charge is 0.123 e. The average Bonchev–Trinajstić information content (AvgIpc) is 2.96. The standard InChI is InChI=1S/C16H20FN3/c1-2-8-20-9-7-19-15(20)11-16(18)6-5-12-10-13(17)3-4-14(12)16/h3-4,7,9-10H,2,5-6,8,11,18H2,1H3. The van der Waals surface area contributed by atoms with E-state index < -0.39 is 5.54 Å². The van der Waals surface area contributed by atoms with Gasteiger partial charge in [0.2, 0.25) is 0 Å². The molecule has 0 saturated heterocycles. The zero-order chi connectivity index (χ0) is 14.2. The normalized spacial score (nSPS) is 21.1. The van der Waals surface area contributed by atoms with Crippen molar-refractivity contribution in [2.24, 2.45) is 5.73 Å². The Morgan fingerprint density at radius 2 is 2.30 bits per heavy atom. The molecule has 0 fully saturated rings. The molecule has 0 bridgehead atoms. The Morgan fingerprint density at radius 3 is 3.10 bits per heavy atom. The van der Waals surface area contributed by atoms with Crippen LogP contribution in [-0.2, 0) is 24.9 Å². The monoisotopic (exact) mass is 273 g/mol. The van der Waals surface area contributed by atoms with E-state index in [4.69, 9.17) is 5.73 Å². The van der Waals surface area contributed by atoms with E-state index in [1.165, 1.54) is 6.07 Å². The number of aryl methyl sites for hydroxylation is 2. The Kier molecular flexibility index (Phi) is 3.34. The zero-order valence-electron chi connectivity index (χ0n) is 11.8. The molecule has 3 rings (SSSR count). The molecule has 1 aromatic heterocycles. The minimum Gasteiger partial charge on any atom is -0.335 e. The Morgan fingerprint density at radius 1 is 1.45 bits per heavy atom. The molecule has 1 heterocycles. The minimum absolute atomic E-state index is 0.180. The van der Waals surface area contributed by atoms with Gasteiger partial charge in [0, 0.05) is 30.9 Å². The summed E-state index contributed by atoms with van der Waals surface area (Å²) in [6.07, 6.45) is 7.31. The van der Waals surface area contributed by atoms with Crippen molar-refractivity contribution in [1.82, 2.24) is 9.55 Å². The Bertz CT molecular complexity index is 620. The van der Waals surface area contributed by atoms with Gasteiger partial charge in [0.1, 0.15) is 11.6 Å². The number of hydrogen-bond donors (Lipinski definition) is 1. The molecule has 1 unspecified atom stereocenters. The summed E-state index contributed by atoms with van der Waals surface area (Å²) in [6.45, 7) is 3.11. The Balaban J connectivity index is 1.90. The third-order valence-electron chi connectivity index (χ3n) is 4.18. The fourth-order valence-corrected chi connectivity index (χ4v) is 3.16. The molecular weight excluding hydrogens is 253 g/mol. The van der Waals surface area contributed by atoms with Gasteiger partial charge in [-0.15, -0.1) is 0 Å². The molecule has 0 spiro atoms. The highest BCUT2D eigenvalue weighted by atomic mass is 19.1. The Labute approximate surface area is 118 Å². The molecule has 0 aliphatic heterocycles. The SMILES string of the molecule is CCCn1ccnc1CC1(N)CCc2cc(F)ccc21. The maximum Gasteiger partial charge on any atom is 0.123 e. The maximum absolute atomic E-state index is 13.3. The van der Waals surface area contributed by atoms with E-state index >= 15 is 0 Å². The number of halogens is 1. The minimum atomic E-state index is -0.417. The summed E-state index contributed by atoms with van der Waals surface area (Å²) in [5.74, 6) is 0.840. The van der Waals surface area contributed by atoms with Crippen LogP contribution in [0.15, 0.2) is 30.6 Å². The second-order valence-corrected chi connectivity index (χ2v) is 5.67. The van der Waals surface area contributed by atoms with Crippen molar-refractivity contribution in [3.05, 3.63) is 53.4 Å². The lowest BCUT2D eigenvalue weighted by Crippen LogP contribution is -2.37. The van der Waals surface area contributed by atoms with Gasteiger partial charge >= 0.3 is 0 Å². The molecule has 0 radical (unpaired) electrons. The van der Waals surface area contributed by atoms with Crippen LogP contribution in [0.1, 0.15) is 36.7 Å². The van der Waals surface area contributed by atoms with Crippen LogP contribution in [0.3, 0.4) is 0 Å². The third-order valence-corrected chi connectivity index (χ3v) is 4.18. The van der Waals surface area contributed by atoms with Gasteiger partial charge < -0.3 is 10.3 Å². The summed E-state index contributed by atoms with van der Waals surface area (Å²) in [5, 5.41) is 0. The lowest BCUT2D eigenvalue weighted by molar-refractivity contribution is 0.418. The van der Waals surface area contributed by atoms with Crippen LogP contribution in [0.2, 0.25) is 0 Å². The molecule has 0 saturated carbocycles. The predicted molar refractivity (Wildman–Crippen MR) is 76.8 cm³/mol. The molecule has 2 aromatic rings. The lowest BCUT2D eigenvalue weighted by Gasteiger charge is -2.25. The first kappa shape index (κ1) is 13.3. The molecule has 4 heteroatoms. The van der Waals surface area contributed by atoms with Crippen LogP contribution in [0, 0.1) is 5.82 Å². The van der Waals surface area contributed by atoms with Crippen LogP contribution in [0.4, 0.5) is 4.39 Å². The van der Waals surface area contributed by atoms with Crippen molar-refractivity contribution in [1.29, 1.82) is 0 Å². The highest BCUT2D eigenvalue weighted by Gasteiger charge is 2.36. The van der Waals surface area contributed by atoms with Crippen LogP contribution in [0.25, 0.3) is 0 Å². The van der Waals surface area contributed by atoms with Gasteiger partial charge in [0.15, 0.2) is 0 Å². The van der Waals surface area contributed by atoms with E-state index in [-0.39, 0.29) is 5.82 Å². The van der Waals surface area contributed by atoms with Crippen LogP contribution < -0.4 is 5.73 Å². The summed E-state index contributed by atoms with van der Waals surface area (Å²) in [4.78, 5) is 4.44. The van der Waals surface area contributed by atoms with E-state index in [1.54, 1.807) is 6.07 Å². The first-order valence-electron chi connectivity index (χ1n) is 7.20. The zero-order valence-corrected chi connectivity index (χ0v) is 11.8. The number of hydrogen-bond acceptors (Lipinski definition) is 2. The predicted octanol–water partition coefficient (Wildman–Crippen LogP) is 2.78. The van der Waals surface area contributed by atoms with Crippen LogP contribution >= 0.6 is 0 Å². The van der Waals surface area contributed by atoms with E-state index in [0.717, 1.165) is 42.8 Å². The van der Waals surface area contributed by atoms with Crippen molar-refractivity contribution in [2.75, 3.05) is 0 Å². The van der Waals surface area contributed by atoms with Gasteiger partial charge in [-0.05, 0) is 42.5 Å². The van der Waals surface area contributed by atoms with Gasteiger partial charge in [0.05, 0.1) is 0 Å². The second kappa shape index (κ2) is 5.02. The van der Waals surface area contributed by atoms with Crippen molar-refractivity contribution >= 4 is 0 Å². The molecule has 1 aliphatic rings. The highest BCUT2D eigenvalue weighted by molar-refractivity contribution is 5.39. The van der Waals surface area contributed by atoms with Gasteiger partial charge in [0.25, 0.3) is 0 Å². The quantitative estimate of drug-likeness (QED) is 0.931. The molecule has 1 atom stereocenters.